The van der Waals surface area contributed by atoms with Gasteiger partial charge in [0.05, 0.1) is 7.11 Å². The normalized spacial score (nSPS) is 10.3. The molecule has 0 aliphatic heterocycles. The lowest BCUT2D eigenvalue weighted by Crippen LogP contribution is -1.83. The van der Waals surface area contributed by atoms with Crippen LogP contribution in [0.4, 0.5) is 0 Å². The number of benzene rings is 1. The van der Waals surface area contributed by atoms with E-state index in [2.05, 4.69) is 22.1 Å². The van der Waals surface area contributed by atoms with E-state index in [1.54, 1.807) is 50.9 Å². The third-order valence-corrected chi connectivity index (χ3v) is 5.83. The molecule has 0 saturated carbocycles. The van der Waals surface area contributed by atoms with Crippen LogP contribution in [0.5, 0.6) is 5.75 Å². The molecule has 3 nitrogen and oxygen atoms in total. The van der Waals surface area contributed by atoms with Crippen molar-refractivity contribution < 1.29 is 4.74 Å². The molecule has 1 aromatic carbocycles. The van der Waals surface area contributed by atoms with Crippen LogP contribution < -0.4 is 4.74 Å². The predicted octanol–water partition coefficient (Wildman–Crippen LogP) is 4.07. The minimum Gasteiger partial charge on any atom is -0.497 e. The van der Waals surface area contributed by atoms with Gasteiger partial charge in [0, 0.05) is 18.1 Å². The second-order valence-electron chi connectivity index (χ2n) is 3.29. The maximum absolute atomic E-state index is 5.12. The molecule has 0 fully saturated rings. The third kappa shape index (κ3) is 4.44. The van der Waals surface area contributed by atoms with Crippen LogP contribution in [0.3, 0.4) is 0 Å². The summed E-state index contributed by atoms with van der Waals surface area (Å²) in [6, 6.07) is 9.94. The van der Waals surface area contributed by atoms with E-state index in [0.717, 1.165) is 16.7 Å². The van der Waals surface area contributed by atoms with Crippen molar-refractivity contribution in [3.63, 3.8) is 0 Å². The average molecular weight is 296 g/mol. The van der Waals surface area contributed by atoms with Crippen LogP contribution in [0.2, 0.25) is 0 Å². The van der Waals surface area contributed by atoms with Crippen molar-refractivity contribution in [2.45, 2.75) is 10.9 Å². The van der Waals surface area contributed by atoms with Gasteiger partial charge in [-0.1, -0.05) is 22.9 Å². The molecule has 0 unspecified atom stereocenters. The highest BCUT2D eigenvalue weighted by molar-refractivity contribution is 9.09. The Morgan fingerprint density at radius 3 is 2.50 bits per heavy atom. The highest BCUT2D eigenvalue weighted by Gasteiger charge is 1.99. The zero-order valence-electron chi connectivity index (χ0n) is 9.78. The Kier molecular flexibility index (Phi) is 5.70. The molecule has 1 heterocycles. The van der Waals surface area contributed by atoms with Gasteiger partial charge < -0.3 is 4.74 Å². The van der Waals surface area contributed by atoms with Crippen molar-refractivity contribution in [1.29, 1.82) is 0 Å². The Bertz CT molecular complexity index is 465. The highest BCUT2D eigenvalue weighted by atomic mass is 33.5. The monoisotopic (exact) mass is 296 g/mol. The molecule has 0 bridgehead atoms. The van der Waals surface area contributed by atoms with Gasteiger partial charge in [0.25, 0.3) is 0 Å². The van der Waals surface area contributed by atoms with Crippen LogP contribution in [0, 0.1) is 0 Å². The molecule has 2 rings (SSSR count). The number of aromatic nitrogens is 2. The van der Waals surface area contributed by atoms with E-state index >= 15 is 0 Å². The fourth-order valence-electron chi connectivity index (χ4n) is 1.20. The summed E-state index contributed by atoms with van der Waals surface area (Å²) in [5.41, 5.74) is 1.28. The molecule has 6 heteroatoms. The van der Waals surface area contributed by atoms with Gasteiger partial charge >= 0.3 is 0 Å². The predicted molar refractivity (Wildman–Crippen MR) is 79.8 cm³/mol. The molecule has 0 radical (unpaired) electrons. The molecule has 0 N–H and O–H groups in total. The molecule has 0 spiro atoms. The third-order valence-electron chi connectivity index (χ3n) is 2.08. The van der Waals surface area contributed by atoms with Gasteiger partial charge in [0.2, 0.25) is 0 Å². The smallest absolute Gasteiger partial charge is 0.199 e. The number of nitrogens with zero attached hydrogens (tertiary/aromatic N) is 2. The van der Waals surface area contributed by atoms with Gasteiger partial charge in [-0.05, 0) is 44.4 Å². The molecule has 0 aliphatic carbocycles. The van der Waals surface area contributed by atoms with E-state index in [1.165, 1.54) is 5.56 Å². The van der Waals surface area contributed by atoms with E-state index in [9.17, 15) is 0 Å². The number of methoxy groups -OCH3 is 1. The Labute approximate surface area is 118 Å². The maximum Gasteiger partial charge on any atom is 0.199 e. The first-order valence-electron chi connectivity index (χ1n) is 5.24. The molecule has 0 atom stereocenters. The van der Waals surface area contributed by atoms with E-state index in [4.69, 9.17) is 4.74 Å². The van der Waals surface area contributed by atoms with Crippen molar-refractivity contribution in [2.24, 2.45) is 0 Å². The van der Waals surface area contributed by atoms with E-state index < -0.39 is 0 Å². The minimum atomic E-state index is 0.796. The van der Waals surface area contributed by atoms with Crippen LogP contribution in [0.15, 0.2) is 47.9 Å². The standard InChI is InChI=1S/C12H12N2OS3/c1-15-11-5-3-10(4-6-11)9-16-18-17-12-13-7-2-8-14-12/h2-8H,9H2,1H3. The second kappa shape index (κ2) is 7.56. The lowest BCUT2D eigenvalue weighted by Gasteiger charge is -2.02. The van der Waals surface area contributed by atoms with Crippen molar-refractivity contribution in [2.75, 3.05) is 7.11 Å². The fraction of sp³-hybridized carbons (Fsp3) is 0.167. The molecule has 0 saturated heterocycles. The van der Waals surface area contributed by atoms with Crippen molar-refractivity contribution in [3.8, 4) is 5.75 Å². The summed E-state index contributed by atoms with van der Waals surface area (Å²) >= 11 is 0. The summed E-state index contributed by atoms with van der Waals surface area (Å²) in [7, 11) is 6.72. The topological polar surface area (TPSA) is 35.0 Å². The van der Waals surface area contributed by atoms with Crippen molar-refractivity contribution in [3.05, 3.63) is 48.3 Å². The summed E-state index contributed by atoms with van der Waals surface area (Å²) in [6.45, 7) is 0. The minimum absolute atomic E-state index is 0.796. The van der Waals surface area contributed by atoms with E-state index in [-0.39, 0.29) is 0 Å². The van der Waals surface area contributed by atoms with Gasteiger partial charge in [-0.2, -0.15) is 0 Å². The Hall–Kier alpha value is -0.850. The van der Waals surface area contributed by atoms with E-state index in [0.29, 0.717) is 0 Å². The molecular weight excluding hydrogens is 284 g/mol. The molecule has 0 aliphatic rings. The lowest BCUT2D eigenvalue weighted by atomic mass is 10.2. The summed E-state index contributed by atoms with van der Waals surface area (Å²) < 4.78 is 5.12. The first-order valence-corrected chi connectivity index (χ1v) is 8.90. The maximum atomic E-state index is 5.12. The van der Waals surface area contributed by atoms with Gasteiger partial charge in [0.15, 0.2) is 5.16 Å². The summed E-state index contributed by atoms with van der Waals surface area (Å²) in [5.74, 6) is 1.84. The number of hydrogen-bond donors (Lipinski definition) is 0. The van der Waals surface area contributed by atoms with Crippen LogP contribution in [-0.4, -0.2) is 17.1 Å². The Morgan fingerprint density at radius 2 is 1.83 bits per heavy atom. The quantitative estimate of drug-likeness (QED) is 0.454. The highest BCUT2D eigenvalue weighted by Crippen LogP contribution is 2.40. The first-order chi connectivity index (χ1) is 8.88. The van der Waals surface area contributed by atoms with Crippen molar-refractivity contribution >= 4 is 31.4 Å². The van der Waals surface area contributed by atoms with Gasteiger partial charge in [0.1, 0.15) is 5.75 Å². The molecule has 94 valence electrons. The fourth-order valence-corrected chi connectivity index (χ4v) is 4.44. The second-order valence-corrected chi connectivity index (χ2v) is 7.33. The molecule has 2 aromatic rings. The zero-order valence-corrected chi connectivity index (χ0v) is 12.2. The summed E-state index contributed by atoms with van der Waals surface area (Å²) in [5, 5.41) is 0.796. The van der Waals surface area contributed by atoms with Gasteiger partial charge in [-0.15, -0.1) is 0 Å². The Morgan fingerprint density at radius 1 is 1.11 bits per heavy atom. The van der Waals surface area contributed by atoms with Crippen LogP contribution in [0.25, 0.3) is 0 Å². The SMILES string of the molecule is COc1ccc(CSSSc2ncccn2)cc1. The van der Waals surface area contributed by atoms with Crippen LogP contribution >= 0.6 is 31.4 Å². The largest absolute Gasteiger partial charge is 0.497 e. The molecule has 18 heavy (non-hydrogen) atoms. The van der Waals surface area contributed by atoms with Crippen LogP contribution in [-0.2, 0) is 5.75 Å². The number of hydrogen-bond acceptors (Lipinski definition) is 6. The summed E-state index contributed by atoms with van der Waals surface area (Å²) in [4.78, 5) is 8.29. The summed E-state index contributed by atoms with van der Waals surface area (Å²) in [6.07, 6.45) is 3.51. The lowest BCUT2D eigenvalue weighted by molar-refractivity contribution is 0.414. The van der Waals surface area contributed by atoms with Crippen LogP contribution in [0.1, 0.15) is 5.56 Å². The average Bonchev–Trinajstić information content (AvgIpc) is 2.45. The number of rotatable bonds is 6. The molecular formula is C12H12N2OS3. The van der Waals surface area contributed by atoms with Crippen molar-refractivity contribution in [1.82, 2.24) is 9.97 Å². The Balaban J connectivity index is 1.72. The van der Waals surface area contributed by atoms with Gasteiger partial charge in [-0.25, -0.2) is 9.97 Å². The molecule has 0 amide bonds. The first kappa shape index (κ1) is 13.6. The zero-order chi connectivity index (χ0) is 12.6. The number of ether oxygens (including phenoxy) is 1. The van der Waals surface area contributed by atoms with Gasteiger partial charge in [-0.3, -0.25) is 0 Å². The van der Waals surface area contributed by atoms with E-state index in [1.807, 2.05) is 18.2 Å². The molecule has 1 aromatic heterocycles.